The topological polar surface area (TPSA) is 75.9 Å². The van der Waals surface area contributed by atoms with Crippen LogP contribution in [-0.2, 0) is 4.79 Å². The van der Waals surface area contributed by atoms with Gasteiger partial charge in [0, 0.05) is 38.9 Å². The van der Waals surface area contributed by atoms with Crippen LogP contribution in [0.4, 0.5) is 10.1 Å². The van der Waals surface area contributed by atoms with E-state index in [2.05, 4.69) is 30.2 Å². The number of aliphatic imine (C=N–C) groups is 2. The molecule has 0 aromatic heterocycles. The molecule has 0 aliphatic carbocycles. The smallest absolute Gasteiger partial charge is 0.238 e. The first kappa shape index (κ1) is 18.5. The Bertz CT molecular complexity index is 827. The Balaban J connectivity index is 1.30. The lowest BCUT2D eigenvalue weighted by Crippen LogP contribution is -2.57. The maximum absolute atomic E-state index is 13.0. The maximum atomic E-state index is 13.0. The first-order valence-electron chi connectivity index (χ1n) is 9.41. The molecule has 0 radical (unpaired) electrons. The summed E-state index contributed by atoms with van der Waals surface area (Å²) in [6.07, 6.45) is 1.64. The molecule has 1 aromatic carbocycles. The van der Waals surface area contributed by atoms with Crippen molar-refractivity contribution in [1.29, 1.82) is 0 Å². The predicted octanol–water partition coefficient (Wildman–Crippen LogP) is 0.881. The van der Waals surface area contributed by atoms with E-state index >= 15 is 0 Å². The van der Waals surface area contributed by atoms with Gasteiger partial charge in [-0.2, -0.15) is 5.10 Å². The number of likely N-dealkylation sites (N-methyl/N-ethyl adjacent to an activating group) is 1. The van der Waals surface area contributed by atoms with Crippen molar-refractivity contribution in [2.24, 2.45) is 15.1 Å². The van der Waals surface area contributed by atoms with E-state index in [0.29, 0.717) is 12.2 Å². The lowest BCUT2D eigenvalue weighted by Gasteiger charge is -2.40. The zero-order valence-electron chi connectivity index (χ0n) is 16.0. The van der Waals surface area contributed by atoms with Crippen molar-refractivity contribution in [1.82, 2.24) is 14.8 Å². The molecule has 2 atom stereocenters. The van der Waals surface area contributed by atoms with E-state index in [1.54, 1.807) is 18.5 Å². The molecule has 1 fully saturated rings. The summed E-state index contributed by atoms with van der Waals surface area (Å²) < 4.78 is 13.0. The van der Waals surface area contributed by atoms with Crippen molar-refractivity contribution in [2.75, 3.05) is 45.1 Å². The minimum absolute atomic E-state index is 0.0389. The normalized spacial score (nSPS) is 24.7. The van der Waals surface area contributed by atoms with E-state index < -0.39 is 0 Å². The van der Waals surface area contributed by atoms with Crippen molar-refractivity contribution < 1.29 is 9.18 Å². The average molecular weight is 385 g/mol. The highest BCUT2D eigenvalue weighted by Gasteiger charge is 2.41. The molecule has 1 aromatic rings. The van der Waals surface area contributed by atoms with E-state index in [4.69, 9.17) is 0 Å². The van der Waals surface area contributed by atoms with Crippen molar-refractivity contribution in [3.63, 3.8) is 0 Å². The van der Waals surface area contributed by atoms with Crippen LogP contribution in [0.5, 0.6) is 0 Å². The van der Waals surface area contributed by atoms with Crippen molar-refractivity contribution in [3.8, 4) is 0 Å². The second-order valence-corrected chi connectivity index (χ2v) is 7.27. The summed E-state index contributed by atoms with van der Waals surface area (Å²) >= 11 is 0. The van der Waals surface area contributed by atoms with Crippen LogP contribution in [0.1, 0.15) is 6.92 Å². The van der Waals surface area contributed by atoms with Gasteiger partial charge in [-0.25, -0.2) is 9.38 Å². The third-order valence-corrected chi connectivity index (χ3v) is 5.32. The fourth-order valence-electron chi connectivity index (χ4n) is 3.88. The van der Waals surface area contributed by atoms with Crippen molar-refractivity contribution >= 4 is 29.5 Å². The van der Waals surface area contributed by atoms with Gasteiger partial charge in [-0.15, -0.1) is 0 Å². The van der Waals surface area contributed by atoms with Crippen LogP contribution in [-0.4, -0.2) is 90.5 Å². The van der Waals surface area contributed by atoms with E-state index in [9.17, 15) is 9.18 Å². The molecule has 3 aliphatic rings. The van der Waals surface area contributed by atoms with Gasteiger partial charge in [-0.3, -0.25) is 19.7 Å². The molecule has 0 spiro atoms. The molecule has 8 nitrogen and oxygen atoms in total. The van der Waals surface area contributed by atoms with Gasteiger partial charge in [0.15, 0.2) is 0 Å². The van der Waals surface area contributed by atoms with Gasteiger partial charge < -0.3 is 10.2 Å². The average Bonchev–Trinajstić information content (AvgIpc) is 2.98. The Labute approximate surface area is 163 Å². The standard InChI is InChI=1S/C19H24FN7O/c1-13-17-18(25(2)24-13)19(22-12-21-17)27-9-7-26(8-10-27)11-16(28)23-15-5-3-14(20)4-6-15/h3-6,12,17-18H,7-11H2,1-2H3,(H,23,28)/t17-,18+/m1/s1. The van der Waals surface area contributed by atoms with E-state index in [0.717, 1.165) is 37.7 Å². The van der Waals surface area contributed by atoms with Gasteiger partial charge in [-0.05, 0) is 31.2 Å². The molecule has 148 valence electrons. The third kappa shape index (κ3) is 3.75. The quantitative estimate of drug-likeness (QED) is 0.838. The number of nitrogens with one attached hydrogen (secondary N) is 1. The van der Waals surface area contributed by atoms with Crippen LogP contribution < -0.4 is 5.32 Å². The summed E-state index contributed by atoms with van der Waals surface area (Å²) in [5.74, 6) is 0.584. The number of hydrogen-bond donors (Lipinski definition) is 1. The van der Waals surface area contributed by atoms with Crippen LogP contribution in [0.15, 0.2) is 39.4 Å². The minimum atomic E-state index is -0.319. The van der Waals surface area contributed by atoms with Crippen LogP contribution in [0.3, 0.4) is 0 Å². The Kier molecular flexibility index (Phi) is 5.08. The first-order chi connectivity index (χ1) is 13.5. The number of nitrogens with zero attached hydrogens (tertiary/aromatic N) is 6. The number of benzene rings is 1. The molecule has 3 aliphatic heterocycles. The monoisotopic (exact) mass is 385 g/mol. The molecule has 1 amide bonds. The molecule has 3 heterocycles. The summed E-state index contributed by atoms with van der Waals surface area (Å²) in [5, 5.41) is 9.27. The Morgan fingerprint density at radius 1 is 1.21 bits per heavy atom. The second-order valence-electron chi connectivity index (χ2n) is 7.27. The van der Waals surface area contributed by atoms with Crippen LogP contribution in [0.25, 0.3) is 0 Å². The van der Waals surface area contributed by atoms with E-state index in [1.807, 2.05) is 19.0 Å². The lowest BCUT2D eigenvalue weighted by molar-refractivity contribution is -0.117. The van der Waals surface area contributed by atoms with Crippen molar-refractivity contribution in [3.05, 3.63) is 30.1 Å². The number of carbonyl (C=O) groups is 1. The number of amides is 1. The van der Waals surface area contributed by atoms with Gasteiger partial charge in [0.25, 0.3) is 0 Å². The summed E-state index contributed by atoms with van der Waals surface area (Å²) in [7, 11) is 1.96. The van der Waals surface area contributed by atoms with Gasteiger partial charge in [0.05, 0.1) is 12.3 Å². The SMILES string of the molecule is CC1=NN(C)[C@@H]2C(N3CCN(CC(=O)Nc4ccc(F)cc4)CC3)=NC=N[C@H]12. The zero-order valence-corrected chi connectivity index (χ0v) is 16.0. The second kappa shape index (κ2) is 7.67. The van der Waals surface area contributed by atoms with Crippen LogP contribution >= 0.6 is 0 Å². The Morgan fingerprint density at radius 3 is 2.64 bits per heavy atom. The van der Waals surface area contributed by atoms with Crippen LogP contribution in [0.2, 0.25) is 0 Å². The molecular weight excluding hydrogens is 361 g/mol. The number of hydrazone groups is 1. The summed E-state index contributed by atoms with van der Waals surface area (Å²) in [6, 6.07) is 5.89. The molecular formula is C19H24FN7O. The fourth-order valence-corrected chi connectivity index (χ4v) is 3.88. The number of piperazine rings is 1. The number of fused-ring (bicyclic) bond motifs is 1. The number of halogens is 1. The molecule has 1 saturated heterocycles. The predicted molar refractivity (Wildman–Crippen MR) is 107 cm³/mol. The molecule has 0 saturated carbocycles. The highest BCUT2D eigenvalue weighted by Crippen LogP contribution is 2.23. The minimum Gasteiger partial charge on any atom is -0.356 e. The third-order valence-electron chi connectivity index (χ3n) is 5.32. The number of amidine groups is 1. The molecule has 9 heteroatoms. The summed E-state index contributed by atoms with van der Waals surface area (Å²) in [5.41, 5.74) is 1.61. The lowest BCUT2D eigenvalue weighted by atomic mass is 10.0. The number of rotatable bonds is 3. The number of hydrogen-bond acceptors (Lipinski definition) is 7. The van der Waals surface area contributed by atoms with Gasteiger partial charge in [-0.1, -0.05) is 0 Å². The van der Waals surface area contributed by atoms with Gasteiger partial charge in [0.1, 0.15) is 30.1 Å². The Morgan fingerprint density at radius 2 is 1.93 bits per heavy atom. The molecule has 1 N–H and O–H groups in total. The maximum Gasteiger partial charge on any atom is 0.238 e. The first-order valence-corrected chi connectivity index (χ1v) is 9.41. The highest BCUT2D eigenvalue weighted by atomic mass is 19.1. The zero-order chi connectivity index (χ0) is 19.7. The van der Waals surface area contributed by atoms with Gasteiger partial charge >= 0.3 is 0 Å². The summed E-state index contributed by atoms with van der Waals surface area (Å²) in [6.45, 7) is 5.45. The summed E-state index contributed by atoms with van der Waals surface area (Å²) in [4.78, 5) is 25.6. The fraction of sp³-hybridized carbons (Fsp3) is 0.474. The molecule has 28 heavy (non-hydrogen) atoms. The largest absolute Gasteiger partial charge is 0.356 e. The Hall–Kier alpha value is -2.81. The molecule has 0 unspecified atom stereocenters. The molecule has 4 rings (SSSR count). The van der Waals surface area contributed by atoms with Crippen LogP contribution in [0, 0.1) is 5.82 Å². The molecule has 0 bridgehead atoms. The van der Waals surface area contributed by atoms with E-state index in [1.165, 1.54) is 12.1 Å². The van der Waals surface area contributed by atoms with Crippen molar-refractivity contribution in [2.45, 2.75) is 19.0 Å². The van der Waals surface area contributed by atoms with E-state index in [-0.39, 0.29) is 23.8 Å². The number of anilines is 1. The van der Waals surface area contributed by atoms with Gasteiger partial charge in [0.2, 0.25) is 5.91 Å². The number of carbonyl (C=O) groups excluding carboxylic acids is 1. The highest BCUT2D eigenvalue weighted by molar-refractivity contribution is 6.04.